The summed E-state index contributed by atoms with van der Waals surface area (Å²) >= 11 is 0. The van der Waals surface area contributed by atoms with E-state index in [1.807, 2.05) is 18.2 Å². The molecule has 19 heteroatoms. The van der Waals surface area contributed by atoms with E-state index < -0.39 is 89.6 Å². The van der Waals surface area contributed by atoms with E-state index >= 15 is 0 Å². The van der Waals surface area contributed by atoms with Crippen LogP contribution in [0, 0.1) is 0 Å². The number of rotatable bonds is 36. The first-order valence-electron chi connectivity index (χ1n) is 22.9. The molecule has 0 heterocycles. The lowest BCUT2D eigenvalue weighted by atomic mass is 9.85. The fourth-order valence-corrected chi connectivity index (χ4v) is 7.71. The SMILES string of the molecule is CC/C=C\C/C=C\C/C=C\C/C=C\C/C=C\C=C/C(O)CCC(=O)O[C@H](COC(=O)CCCCCCC/C=C\C/C=C\CCC)COP(=O)(O)O[C@H]1C(O)C(O)C(O)[C@@H](OP(=O)(O)O)C1O. The highest BCUT2D eigenvalue weighted by atomic mass is 31.2. The van der Waals surface area contributed by atoms with Gasteiger partial charge in [-0.15, -0.1) is 0 Å². The molecule has 0 aromatic carbocycles. The molecule has 1 rings (SSSR count). The second-order valence-electron chi connectivity index (χ2n) is 15.6. The molecule has 0 saturated heterocycles. The van der Waals surface area contributed by atoms with Crippen molar-refractivity contribution < 1.29 is 82.0 Å². The Morgan fingerprint density at radius 1 is 0.576 bits per heavy atom. The van der Waals surface area contributed by atoms with Crippen molar-refractivity contribution in [2.75, 3.05) is 13.2 Å². The first kappa shape index (κ1) is 60.9. The van der Waals surface area contributed by atoms with Gasteiger partial charge in [0.05, 0.1) is 12.7 Å². The van der Waals surface area contributed by atoms with Crippen LogP contribution in [0.5, 0.6) is 0 Å². The highest BCUT2D eigenvalue weighted by Crippen LogP contribution is 2.49. The van der Waals surface area contributed by atoms with Gasteiger partial charge < -0.3 is 49.7 Å². The molecule has 1 saturated carbocycles. The predicted octanol–water partition coefficient (Wildman–Crippen LogP) is 7.36. The van der Waals surface area contributed by atoms with Gasteiger partial charge in [0.1, 0.15) is 43.2 Å². The molecular formula is C47H76O17P2. The standard InChI is InChI=1S/C47H76O17P2/c1-3-5-7-9-11-13-15-17-18-19-21-22-24-26-28-30-32-38(48)34-35-41(50)62-39(36-60-40(49)33-31-29-27-25-23-20-16-14-12-10-8-6-4-2)37-61-66(58,59)64-47-44(53)42(51)43(52)46(45(47)54)63-65(55,56)57/h5,7-8,10-11,13-14,16-18,21-22,26,28,30,32,38-39,42-48,51-54H,3-4,6,9,12,15,19-20,23-25,27,29,31,33-37H2,1-2H3,(H,58,59)(H2,55,56,57)/b7-5-,10-8-,13-11-,16-14-,18-17-,22-21-,28-26-,32-30-/t38?,39-,42?,43?,44?,45?,46-,47+/m1/s1. The lowest BCUT2D eigenvalue weighted by Gasteiger charge is -2.43. The molecule has 0 amide bonds. The van der Waals surface area contributed by atoms with Gasteiger partial charge in [-0.3, -0.25) is 23.2 Å². The molecule has 9 atom stereocenters. The fourth-order valence-electron chi connectivity index (χ4n) is 6.17. The van der Waals surface area contributed by atoms with Gasteiger partial charge in [-0.25, -0.2) is 9.13 Å². The third kappa shape index (κ3) is 31.0. The van der Waals surface area contributed by atoms with Crippen molar-refractivity contribution >= 4 is 27.6 Å². The van der Waals surface area contributed by atoms with Crippen LogP contribution in [0.1, 0.15) is 123 Å². The van der Waals surface area contributed by atoms with Gasteiger partial charge >= 0.3 is 27.6 Å². The van der Waals surface area contributed by atoms with Gasteiger partial charge in [0.15, 0.2) is 6.10 Å². The average Bonchev–Trinajstić information content (AvgIpc) is 3.27. The Morgan fingerprint density at radius 2 is 1.11 bits per heavy atom. The average molecular weight is 975 g/mol. The number of unbranched alkanes of at least 4 members (excludes halogenated alkanes) is 6. The summed E-state index contributed by atoms with van der Waals surface area (Å²) in [5.74, 6) is -1.52. The molecule has 0 bridgehead atoms. The van der Waals surface area contributed by atoms with Gasteiger partial charge in [0.2, 0.25) is 0 Å². The molecule has 0 aromatic rings. The Balaban J connectivity index is 2.73. The summed E-state index contributed by atoms with van der Waals surface area (Å²) < 4.78 is 49.1. The number of hydrogen-bond donors (Lipinski definition) is 8. The number of hydrogen-bond acceptors (Lipinski definition) is 14. The van der Waals surface area contributed by atoms with E-state index in [1.165, 1.54) is 6.08 Å². The molecule has 0 aliphatic heterocycles. The van der Waals surface area contributed by atoms with Crippen molar-refractivity contribution in [3.05, 3.63) is 97.2 Å². The maximum atomic E-state index is 13.0. The summed E-state index contributed by atoms with van der Waals surface area (Å²) in [6.45, 7) is 2.69. The van der Waals surface area contributed by atoms with Crippen LogP contribution < -0.4 is 0 Å². The fraction of sp³-hybridized carbons (Fsp3) is 0.617. The molecular weight excluding hydrogens is 898 g/mol. The van der Waals surface area contributed by atoms with Crippen molar-refractivity contribution in [2.24, 2.45) is 0 Å². The summed E-state index contributed by atoms with van der Waals surface area (Å²) in [7, 11) is -10.8. The van der Waals surface area contributed by atoms with Crippen LogP contribution in [-0.2, 0) is 41.8 Å². The Labute approximate surface area is 390 Å². The van der Waals surface area contributed by atoms with Crippen LogP contribution in [0.2, 0.25) is 0 Å². The third-order valence-electron chi connectivity index (χ3n) is 9.74. The number of ether oxygens (including phenoxy) is 2. The molecule has 0 radical (unpaired) electrons. The molecule has 1 aliphatic carbocycles. The lowest BCUT2D eigenvalue weighted by Crippen LogP contribution is -2.64. The van der Waals surface area contributed by atoms with Crippen LogP contribution in [-0.4, -0.2) is 114 Å². The minimum absolute atomic E-state index is 0.0486. The Kier molecular flexibility index (Phi) is 34.0. The first-order chi connectivity index (χ1) is 31.5. The number of aliphatic hydroxyl groups is 5. The van der Waals surface area contributed by atoms with Crippen molar-refractivity contribution in [1.82, 2.24) is 0 Å². The molecule has 376 valence electrons. The Hall–Kier alpha value is -3.12. The number of allylic oxidation sites excluding steroid dienone is 15. The smallest absolute Gasteiger partial charge is 0.462 e. The topological polar surface area (TPSA) is 276 Å². The summed E-state index contributed by atoms with van der Waals surface area (Å²) in [5, 5.41) is 51.6. The zero-order chi connectivity index (χ0) is 49.1. The maximum Gasteiger partial charge on any atom is 0.472 e. The van der Waals surface area contributed by atoms with Crippen LogP contribution in [0.15, 0.2) is 97.2 Å². The monoisotopic (exact) mass is 974 g/mol. The summed E-state index contributed by atoms with van der Waals surface area (Å²) in [4.78, 5) is 54.2. The maximum absolute atomic E-state index is 13.0. The lowest BCUT2D eigenvalue weighted by molar-refractivity contribution is -0.216. The molecule has 17 nitrogen and oxygen atoms in total. The van der Waals surface area contributed by atoms with E-state index in [0.717, 1.165) is 77.0 Å². The van der Waals surface area contributed by atoms with Gasteiger partial charge in [-0.1, -0.05) is 137 Å². The van der Waals surface area contributed by atoms with E-state index in [-0.39, 0.29) is 19.3 Å². The van der Waals surface area contributed by atoms with E-state index in [1.54, 1.807) is 12.2 Å². The van der Waals surface area contributed by atoms with Crippen LogP contribution >= 0.6 is 15.6 Å². The van der Waals surface area contributed by atoms with Crippen molar-refractivity contribution in [3.63, 3.8) is 0 Å². The Bertz CT molecular complexity index is 1670. The van der Waals surface area contributed by atoms with Crippen molar-refractivity contribution in [2.45, 2.75) is 172 Å². The van der Waals surface area contributed by atoms with Gasteiger partial charge in [0.25, 0.3) is 0 Å². The van der Waals surface area contributed by atoms with Gasteiger partial charge in [-0.05, 0) is 70.6 Å². The van der Waals surface area contributed by atoms with Gasteiger partial charge in [0, 0.05) is 12.8 Å². The van der Waals surface area contributed by atoms with E-state index in [0.29, 0.717) is 12.8 Å². The largest absolute Gasteiger partial charge is 0.472 e. The third-order valence-corrected chi connectivity index (χ3v) is 11.2. The Morgan fingerprint density at radius 3 is 1.70 bits per heavy atom. The summed E-state index contributed by atoms with van der Waals surface area (Å²) in [6.07, 6.45) is 28.3. The van der Waals surface area contributed by atoms with E-state index in [4.69, 9.17) is 28.3 Å². The predicted molar refractivity (Wildman–Crippen MR) is 251 cm³/mol. The van der Waals surface area contributed by atoms with Crippen LogP contribution in [0.4, 0.5) is 0 Å². The number of aliphatic hydroxyl groups excluding tert-OH is 5. The summed E-state index contributed by atoms with van der Waals surface area (Å²) in [6, 6.07) is 0. The molecule has 8 N–H and O–H groups in total. The zero-order valence-electron chi connectivity index (χ0n) is 38.4. The van der Waals surface area contributed by atoms with E-state index in [2.05, 4.69) is 79.1 Å². The number of phosphoric ester groups is 2. The second kappa shape index (κ2) is 36.9. The van der Waals surface area contributed by atoms with Gasteiger partial charge in [-0.2, -0.15) is 0 Å². The quantitative estimate of drug-likeness (QED) is 0.0100. The highest BCUT2D eigenvalue weighted by molar-refractivity contribution is 7.47. The second-order valence-corrected chi connectivity index (χ2v) is 18.2. The normalized spacial score (nSPS) is 22.9. The minimum atomic E-state index is -5.40. The molecule has 66 heavy (non-hydrogen) atoms. The molecule has 0 spiro atoms. The molecule has 1 fully saturated rings. The molecule has 6 unspecified atom stereocenters. The highest BCUT2D eigenvalue weighted by Gasteiger charge is 2.54. The van der Waals surface area contributed by atoms with Crippen molar-refractivity contribution in [3.8, 4) is 0 Å². The molecule has 1 aliphatic rings. The molecule has 0 aromatic heterocycles. The number of phosphoric acid groups is 2. The number of carbonyl (C=O) groups excluding carboxylic acids is 2. The number of carbonyl (C=O) groups is 2. The minimum Gasteiger partial charge on any atom is -0.462 e. The zero-order valence-corrected chi connectivity index (χ0v) is 40.2. The first-order valence-corrected chi connectivity index (χ1v) is 25.9. The summed E-state index contributed by atoms with van der Waals surface area (Å²) in [5.41, 5.74) is 0. The van der Waals surface area contributed by atoms with Crippen LogP contribution in [0.3, 0.4) is 0 Å². The van der Waals surface area contributed by atoms with Crippen molar-refractivity contribution in [1.29, 1.82) is 0 Å². The van der Waals surface area contributed by atoms with Crippen LogP contribution in [0.25, 0.3) is 0 Å². The number of esters is 2. The van der Waals surface area contributed by atoms with E-state index in [9.17, 15) is 49.1 Å².